The van der Waals surface area contributed by atoms with Gasteiger partial charge in [0.05, 0.1) is 19.1 Å². The molecule has 7 heteroatoms. The summed E-state index contributed by atoms with van der Waals surface area (Å²) >= 11 is 1.76. The predicted octanol–water partition coefficient (Wildman–Crippen LogP) is 2.88. The Bertz CT molecular complexity index is 884. The third kappa shape index (κ3) is 3.82. The number of rotatable bonds is 7. The average Bonchev–Trinajstić information content (AvgIpc) is 3.17. The second-order valence-corrected chi connectivity index (χ2v) is 6.90. The summed E-state index contributed by atoms with van der Waals surface area (Å²) in [5, 5.41) is 3.98. The van der Waals surface area contributed by atoms with Crippen LogP contribution in [0.1, 0.15) is 21.9 Å². The second kappa shape index (κ2) is 7.65. The summed E-state index contributed by atoms with van der Waals surface area (Å²) < 4.78 is 7.15. The number of carbonyl (C=O) groups is 1. The highest BCUT2D eigenvalue weighted by Gasteiger charge is 2.13. The molecule has 3 aromatic rings. The Morgan fingerprint density at radius 2 is 2.24 bits per heavy atom. The van der Waals surface area contributed by atoms with Crippen molar-refractivity contribution in [3.8, 4) is 5.75 Å². The van der Waals surface area contributed by atoms with Crippen molar-refractivity contribution in [2.24, 2.45) is 7.05 Å². The molecular weight excluding hydrogens is 336 g/mol. The number of benzene rings is 1. The quantitative estimate of drug-likeness (QED) is 0.637. The van der Waals surface area contributed by atoms with E-state index in [-0.39, 0.29) is 5.91 Å². The number of H-pyrrole nitrogens is 1. The van der Waals surface area contributed by atoms with Crippen LogP contribution in [0.5, 0.6) is 5.75 Å². The van der Waals surface area contributed by atoms with Crippen molar-refractivity contribution >= 4 is 28.6 Å². The maximum atomic E-state index is 12.4. The molecular formula is C18H22N4O2S. The van der Waals surface area contributed by atoms with E-state index in [2.05, 4.69) is 15.3 Å². The number of hydrogen-bond acceptors (Lipinski definition) is 4. The van der Waals surface area contributed by atoms with Gasteiger partial charge in [-0.3, -0.25) is 4.79 Å². The van der Waals surface area contributed by atoms with Crippen LogP contribution < -0.4 is 10.1 Å². The summed E-state index contributed by atoms with van der Waals surface area (Å²) in [6.45, 7) is 2.64. The predicted molar refractivity (Wildman–Crippen MR) is 101 cm³/mol. The van der Waals surface area contributed by atoms with Gasteiger partial charge in [-0.25, -0.2) is 4.98 Å². The molecule has 3 rings (SSSR count). The number of thioether (sulfide) groups is 1. The summed E-state index contributed by atoms with van der Waals surface area (Å²) in [6.07, 6.45) is 1.71. The number of ether oxygens (including phenoxy) is 1. The number of aryl methyl sites for hydroxylation is 2. The van der Waals surface area contributed by atoms with E-state index in [4.69, 9.17) is 4.74 Å². The van der Waals surface area contributed by atoms with Crippen LogP contribution in [0.15, 0.2) is 30.6 Å². The maximum Gasteiger partial charge on any atom is 0.267 e. The summed E-state index contributed by atoms with van der Waals surface area (Å²) in [5.74, 6) is 2.42. The van der Waals surface area contributed by atoms with Crippen molar-refractivity contribution in [2.75, 3.05) is 19.4 Å². The topological polar surface area (TPSA) is 71.9 Å². The van der Waals surface area contributed by atoms with Gasteiger partial charge < -0.3 is 19.6 Å². The van der Waals surface area contributed by atoms with Gasteiger partial charge in [0.25, 0.3) is 5.91 Å². The lowest BCUT2D eigenvalue weighted by Gasteiger charge is -2.06. The van der Waals surface area contributed by atoms with Gasteiger partial charge in [0.15, 0.2) is 0 Å². The van der Waals surface area contributed by atoms with Gasteiger partial charge in [-0.15, -0.1) is 0 Å². The number of amides is 1. The molecule has 0 radical (unpaired) electrons. The van der Waals surface area contributed by atoms with E-state index >= 15 is 0 Å². The van der Waals surface area contributed by atoms with E-state index in [0.29, 0.717) is 12.2 Å². The van der Waals surface area contributed by atoms with Gasteiger partial charge in [0, 0.05) is 41.7 Å². The summed E-state index contributed by atoms with van der Waals surface area (Å²) in [7, 11) is 3.54. The molecule has 0 aliphatic heterocycles. The van der Waals surface area contributed by atoms with Crippen molar-refractivity contribution in [1.29, 1.82) is 0 Å². The zero-order valence-corrected chi connectivity index (χ0v) is 15.4. The van der Waals surface area contributed by atoms with E-state index in [1.807, 2.05) is 42.8 Å². The van der Waals surface area contributed by atoms with E-state index < -0.39 is 0 Å². The minimum Gasteiger partial charge on any atom is -0.497 e. The normalized spacial score (nSPS) is 11.0. The first-order chi connectivity index (χ1) is 12.1. The maximum absolute atomic E-state index is 12.4. The standard InChI is InChI=1S/C18H22N4O2S/c1-12-15(21-11-20-12)10-25-7-6-19-18(23)17-9-13-8-14(24-3)4-5-16(13)22(17)2/h4-5,8-9,11H,6-7,10H2,1-3H3,(H,19,23)(H,20,21). The number of aromatic nitrogens is 3. The number of nitrogens with zero attached hydrogens (tertiary/aromatic N) is 2. The number of imidazole rings is 1. The fraction of sp³-hybridized carbons (Fsp3) is 0.333. The van der Waals surface area contributed by atoms with Crippen molar-refractivity contribution in [2.45, 2.75) is 12.7 Å². The average molecular weight is 358 g/mol. The SMILES string of the molecule is COc1ccc2c(c1)cc(C(=O)NCCSCc1nc[nH]c1C)n2C. The highest BCUT2D eigenvalue weighted by molar-refractivity contribution is 7.98. The summed E-state index contributed by atoms with van der Waals surface area (Å²) in [5.41, 5.74) is 3.83. The minimum atomic E-state index is -0.0609. The van der Waals surface area contributed by atoms with Gasteiger partial charge in [0.2, 0.25) is 0 Å². The highest BCUT2D eigenvalue weighted by Crippen LogP contribution is 2.23. The monoisotopic (exact) mass is 358 g/mol. The van der Waals surface area contributed by atoms with E-state index in [1.165, 1.54) is 0 Å². The zero-order valence-electron chi connectivity index (χ0n) is 14.6. The van der Waals surface area contributed by atoms with Gasteiger partial charge in [-0.1, -0.05) is 0 Å². The highest BCUT2D eigenvalue weighted by atomic mass is 32.2. The fourth-order valence-electron chi connectivity index (χ4n) is 2.70. The fourth-order valence-corrected chi connectivity index (χ4v) is 3.58. The molecule has 6 nitrogen and oxygen atoms in total. The third-order valence-corrected chi connectivity index (χ3v) is 5.16. The Hall–Kier alpha value is -2.41. The molecule has 2 N–H and O–H groups in total. The molecule has 132 valence electrons. The van der Waals surface area contributed by atoms with Gasteiger partial charge in [0.1, 0.15) is 11.4 Å². The molecule has 0 bridgehead atoms. The molecule has 2 aromatic heterocycles. The lowest BCUT2D eigenvalue weighted by Crippen LogP contribution is -2.27. The van der Waals surface area contributed by atoms with Crippen LogP contribution >= 0.6 is 11.8 Å². The van der Waals surface area contributed by atoms with E-state index in [9.17, 15) is 4.79 Å². The van der Waals surface area contributed by atoms with Crippen LogP contribution in [0.2, 0.25) is 0 Å². The molecule has 1 aromatic carbocycles. The van der Waals surface area contributed by atoms with Crippen LogP contribution in [-0.2, 0) is 12.8 Å². The molecule has 0 unspecified atom stereocenters. The van der Waals surface area contributed by atoms with Crippen LogP contribution in [0.25, 0.3) is 10.9 Å². The lowest BCUT2D eigenvalue weighted by atomic mass is 10.2. The molecule has 25 heavy (non-hydrogen) atoms. The lowest BCUT2D eigenvalue weighted by molar-refractivity contribution is 0.0948. The largest absolute Gasteiger partial charge is 0.497 e. The molecule has 0 saturated heterocycles. The number of nitrogens with one attached hydrogen (secondary N) is 2. The Kier molecular flexibility index (Phi) is 5.33. The molecule has 0 atom stereocenters. The molecule has 0 fully saturated rings. The summed E-state index contributed by atoms with van der Waals surface area (Å²) in [6, 6.07) is 7.70. The number of methoxy groups -OCH3 is 1. The van der Waals surface area contributed by atoms with Crippen molar-refractivity contribution in [1.82, 2.24) is 19.9 Å². The summed E-state index contributed by atoms with van der Waals surface area (Å²) in [4.78, 5) is 19.8. The zero-order chi connectivity index (χ0) is 17.8. The van der Waals surface area contributed by atoms with Crippen molar-refractivity contribution in [3.05, 3.63) is 47.7 Å². The van der Waals surface area contributed by atoms with Crippen LogP contribution in [0.3, 0.4) is 0 Å². The van der Waals surface area contributed by atoms with Gasteiger partial charge in [-0.05, 0) is 31.2 Å². The number of hydrogen-bond donors (Lipinski definition) is 2. The van der Waals surface area contributed by atoms with Crippen LogP contribution in [0.4, 0.5) is 0 Å². The van der Waals surface area contributed by atoms with E-state index in [1.54, 1.807) is 25.2 Å². The number of carbonyl (C=O) groups excluding carboxylic acids is 1. The van der Waals surface area contributed by atoms with E-state index in [0.717, 1.165) is 39.5 Å². The molecule has 0 spiro atoms. The van der Waals surface area contributed by atoms with Gasteiger partial charge >= 0.3 is 0 Å². The number of fused-ring (bicyclic) bond motifs is 1. The molecule has 0 aliphatic carbocycles. The smallest absolute Gasteiger partial charge is 0.267 e. The molecule has 0 aliphatic rings. The first-order valence-electron chi connectivity index (χ1n) is 8.08. The molecule has 0 saturated carbocycles. The Morgan fingerprint density at radius 1 is 1.40 bits per heavy atom. The first-order valence-corrected chi connectivity index (χ1v) is 9.24. The van der Waals surface area contributed by atoms with Crippen molar-refractivity contribution < 1.29 is 9.53 Å². The Balaban J connectivity index is 1.55. The van der Waals surface area contributed by atoms with Gasteiger partial charge in [-0.2, -0.15) is 11.8 Å². The van der Waals surface area contributed by atoms with Crippen LogP contribution in [0, 0.1) is 6.92 Å². The van der Waals surface area contributed by atoms with Crippen LogP contribution in [-0.4, -0.2) is 39.8 Å². The third-order valence-electron chi connectivity index (χ3n) is 4.19. The number of aromatic amines is 1. The minimum absolute atomic E-state index is 0.0609. The first kappa shape index (κ1) is 17.4. The molecule has 2 heterocycles. The Labute approximate surface area is 151 Å². The second-order valence-electron chi connectivity index (χ2n) is 5.80. The molecule has 1 amide bonds. The Morgan fingerprint density at radius 3 is 2.96 bits per heavy atom. The van der Waals surface area contributed by atoms with Crippen molar-refractivity contribution in [3.63, 3.8) is 0 Å².